The van der Waals surface area contributed by atoms with Crippen LogP contribution in [-0.2, 0) is 0 Å². The molecule has 0 saturated heterocycles. The largest absolute Gasteiger partial charge is 0.346 e. The van der Waals surface area contributed by atoms with Crippen LogP contribution in [0.1, 0.15) is 32.0 Å². The number of rotatable bonds is 4. The first kappa shape index (κ1) is 19.3. The van der Waals surface area contributed by atoms with Gasteiger partial charge in [0.2, 0.25) is 0 Å². The summed E-state index contributed by atoms with van der Waals surface area (Å²) < 4.78 is 0. The molecule has 0 spiro atoms. The van der Waals surface area contributed by atoms with E-state index in [4.69, 9.17) is 0 Å². The van der Waals surface area contributed by atoms with Gasteiger partial charge in [0.15, 0.2) is 0 Å². The van der Waals surface area contributed by atoms with Crippen molar-refractivity contribution in [3.8, 4) is 0 Å². The molecule has 0 fully saturated rings. The number of benzene rings is 1. The number of anilines is 1. The molecule has 6 nitrogen and oxygen atoms in total. The third-order valence-corrected chi connectivity index (χ3v) is 6.31. The summed E-state index contributed by atoms with van der Waals surface area (Å²) in [5.41, 5.74) is 4.25. The number of hydrogen-bond donors (Lipinski definition) is 2. The van der Waals surface area contributed by atoms with Crippen molar-refractivity contribution < 1.29 is 9.59 Å². The Morgan fingerprint density at radius 3 is 2.81 bits per heavy atom. The normalized spacial score (nSPS) is 13.8. The maximum absolute atomic E-state index is 13.2. The molecule has 3 aromatic heterocycles. The molecule has 0 aliphatic carbocycles. The van der Waals surface area contributed by atoms with E-state index in [0.717, 1.165) is 23.0 Å². The van der Waals surface area contributed by atoms with E-state index >= 15 is 0 Å². The van der Waals surface area contributed by atoms with Crippen LogP contribution in [0.4, 0.5) is 5.69 Å². The van der Waals surface area contributed by atoms with Crippen molar-refractivity contribution in [2.24, 2.45) is 0 Å². The number of hydrogen-bond acceptors (Lipinski definition) is 4. The average molecular weight is 429 g/mol. The lowest BCUT2D eigenvalue weighted by molar-refractivity contribution is 0.0774. The Hall–Kier alpha value is -3.71. The van der Waals surface area contributed by atoms with Gasteiger partial charge < -0.3 is 15.2 Å². The number of aromatic nitrogens is 2. The highest BCUT2D eigenvalue weighted by Crippen LogP contribution is 2.29. The highest BCUT2D eigenvalue weighted by Gasteiger charge is 2.23. The molecule has 0 radical (unpaired) electrons. The number of amides is 2. The van der Waals surface area contributed by atoms with Gasteiger partial charge in [-0.15, -0.1) is 11.3 Å². The molecular formula is C24H20N4O2S. The third-order valence-electron chi connectivity index (χ3n) is 5.44. The van der Waals surface area contributed by atoms with E-state index < -0.39 is 0 Å². The zero-order chi connectivity index (χ0) is 21.2. The zero-order valence-corrected chi connectivity index (χ0v) is 17.5. The van der Waals surface area contributed by atoms with Gasteiger partial charge in [0, 0.05) is 36.4 Å². The van der Waals surface area contributed by atoms with Gasteiger partial charge >= 0.3 is 0 Å². The Labute approximate surface area is 183 Å². The molecule has 2 amide bonds. The van der Waals surface area contributed by atoms with Crippen LogP contribution in [-0.4, -0.2) is 39.8 Å². The van der Waals surface area contributed by atoms with E-state index in [0.29, 0.717) is 29.2 Å². The molecule has 31 heavy (non-hydrogen) atoms. The summed E-state index contributed by atoms with van der Waals surface area (Å²) in [4.78, 5) is 35.7. The Morgan fingerprint density at radius 1 is 1.10 bits per heavy atom. The molecular weight excluding hydrogens is 408 g/mol. The topological polar surface area (TPSA) is 78.1 Å². The van der Waals surface area contributed by atoms with Gasteiger partial charge in [0.1, 0.15) is 5.65 Å². The standard InChI is InChI=1S/C24H20N4O2S/c29-23(21-8-4-14-31-21)27-20-7-2-1-5-18(20)24(30)28-12-9-16(10-13-28)19-15-26-22-17(19)6-3-11-25-22/h1-9,11,14-15H,10,12-13H2,(H,25,26)(H,27,29). The van der Waals surface area contributed by atoms with Crippen LogP contribution >= 0.6 is 11.3 Å². The number of thiophene rings is 1. The number of H-pyrrole nitrogens is 1. The van der Waals surface area contributed by atoms with Crippen LogP contribution in [0.2, 0.25) is 0 Å². The first-order valence-corrected chi connectivity index (χ1v) is 10.9. The van der Waals surface area contributed by atoms with Crippen LogP contribution in [0.5, 0.6) is 0 Å². The Balaban J connectivity index is 1.34. The number of nitrogens with one attached hydrogen (secondary N) is 2. The lowest BCUT2D eigenvalue weighted by Crippen LogP contribution is -2.35. The molecule has 0 unspecified atom stereocenters. The van der Waals surface area contributed by atoms with Gasteiger partial charge in [-0.05, 0) is 47.7 Å². The maximum Gasteiger partial charge on any atom is 0.265 e. The van der Waals surface area contributed by atoms with Crippen molar-refractivity contribution >= 4 is 45.4 Å². The van der Waals surface area contributed by atoms with Crippen LogP contribution in [0, 0.1) is 0 Å². The highest BCUT2D eigenvalue weighted by atomic mass is 32.1. The molecule has 5 rings (SSSR count). The fourth-order valence-electron chi connectivity index (χ4n) is 3.86. The van der Waals surface area contributed by atoms with E-state index in [1.807, 2.05) is 40.7 Å². The summed E-state index contributed by atoms with van der Waals surface area (Å²) in [5.74, 6) is -0.290. The fourth-order valence-corrected chi connectivity index (χ4v) is 4.48. The van der Waals surface area contributed by atoms with Crippen molar-refractivity contribution in [3.05, 3.63) is 88.4 Å². The summed E-state index contributed by atoms with van der Waals surface area (Å²) in [6.07, 6.45) is 6.62. The highest BCUT2D eigenvalue weighted by molar-refractivity contribution is 7.12. The molecule has 154 valence electrons. The summed E-state index contributed by atoms with van der Waals surface area (Å²) in [6, 6.07) is 14.7. The van der Waals surface area contributed by atoms with Crippen molar-refractivity contribution in [1.82, 2.24) is 14.9 Å². The molecule has 1 aliphatic rings. The number of fused-ring (bicyclic) bond motifs is 1. The molecule has 0 atom stereocenters. The Bertz CT molecular complexity index is 1290. The number of carbonyl (C=O) groups is 2. The smallest absolute Gasteiger partial charge is 0.265 e. The average Bonchev–Trinajstić information content (AvgIpc) is 3.50. The van der Waals surface area contributed by atoms with Gasteiger partial charge in [-0.25, -0.2) is 4.98 Å². The molecule has 1 aliphatic heterocycles. The number of pyridine rings is 1. The minimum Gasteiger partial charge on any atom is -0.346 e. The van der Waals surface area contributed by atoms with Gasteiger partial charge in [-0.1, -0.05) is 24.3 Å². The first-order chi connectivity index (χ1) is 15.2. The molecule has 2 N–H and O–H groups in total. The van der Waals surface area contributed by atoms with Crippen molar-refractivity contribution in [1.29, 1.82) is 0 Å². The van der Waals surface area contributed by atoms with Crippen molar-refractivity contribution in [2.45, 2.75) is 6.42 Å². The number of para-hydroxylation sites is 1. The van der Waals surface area contributed by atoms with E-state index in [9.17, 15) is 9.59 Å². The fraction of sp³-hybridized carbons (Fsp3) is 0.125. The predicted molar refractivity (Wildman–Crippen MR) is 123 cm³/mol. The van der Waals surface area contributed by atoms with Gasteiger partial charge in [0.25, 0.3) is 11.8 Å². The number of aromatic amines is 1. The van der Waals surface area contributed by atoms with Crippen LogP contribution in [0.3, 0.4) is 0 Å². The van der Waals surface area contributed by atoms with E-state index in [1.165, 1.54) is 16.9 Å². The molecule has 0 bridgehead atoms. The summed E-state index contributed by atoms with van der Waals surface area (Å²) >= 11 is 1.37. The minimum absolute atomic E-state index is 0.0852. The lowest BCUT2D eigenvalue weighted by Gasteiger charge is -2.27. The van der Waals surface area contributed by atoms with Crippen molar-refractivity contribution in [3.63, 3.8) is 0 Å². The Morgan fingerprint density at radius 2 is 2.00 bits per heavy atom. The molecule has 7 heteroatoms. The quantitative estimate of drug-likeness (QED) is 0.490. The van der Waals surface area contributed by atoms with Crippen LogP contribution < -0.4 is 5.32 Å². The van der Waals surface area contributed by atoms with Gasteiger partial charge in [0.05, 0.1) is 16.1 Å². The molecule has 0 saturated carbocycles. The van der Waals surface area contributed by atoms with E-state index in [-0.39, 0.29) is 11.8 Å². The van der Waals surface area contributed by atoms with Crippen molar-refractivity contribution in [2.75, 3.05) is 18.4 Å². The van der Waals surface area contributed by atoms with E-state index in [2.05, 4.69) is 27.4 Å². The second kappa shape index (κ2) is 8.20. The van der Waals surface area contributed by atoms with Gasteiger partial charge in [-0.3, -0.25) is 9.59 Å². The van der Waals surface area contributed by atoms with Crippen LogP contribution in [0.25, 0.3) is 16.6 Å². The molecule has 4 aromatic rings. The predicted octanol–water partition coefficient (Wildman–Crippen LogP) is 4.81. The monoisotopic (exact) mass is 428 g/mol. The Kier molecular flexibility index (Phi) is 5.09. The van der Waals surface area contributed by atoms with E-state index in [1.54, 1.807) is 24.4 Å². The minimum atomic E-state index is -0.205. The van der Waals surface area contributed by atoms with Crippen LogP contribution in [0.15, 0.2) is 72.4 Å². The molecule has 4 heterocycles. The summed E-state index contributed by atoms with van der Waals surface area (Å²) in [6.45, 7) is 1.14. The SMILES string of the molecule is O=C(Nc1ccccc1C(=O)N1CC=C(c2c[nH]c3ncccc23)CC1)c1cccs1. The zero-order valence-electron chi connectivity index (χ0n) is 16.7. The third kappa shape index (κ3) is 3.75. The second-order valence-corrected chi connectivity index (χ2v) is 8.26. The number of nitrogens with zero attached hydrogens (tertiary/aromatic N) is 2. The maximum atomic E-state index is 13.2. The summed E-state index contributed by atoms with van der Waals surface area (Å²) in [5, 5.41) is 5.83. The molecule has 1 aromatic carbocycles. The first-order valence-electron chi connectivity index (χ1n) is 10.1. The summed E-state index contributed by atoms with van der Waals surface area (Å²) in [7, 11) is 0. The lowest BCUT2D eigenvalue weighted by atomic mass is 9.99. The second-order valence-electron chi connectivity index (χ2n) is 7.31. The van der Waals surface area contributed by atoms with Gasteiger partial charge in [-0.2, -0.15) is 0 Å². The number of carbonyl (C=O) groups excluding carboxylic acids is 2.